The highest BCUT2D eigenvalue weighted by Gasteiger charge is 2.47. The number of aliphatic hydroxyl groups excluding tert-OH is 7. The number of carbonyl (C=O) groups is 2. The lowest BCUT2D eigenvalue weighted by Crippen LogP contribution is -2.61. The van der Waals surface area contributed by atoms with Crippen LogP contribution in [0, 0.1) is 0 Å². The number of esters is 2. The second-order valence-electron chi connectivity index (χ2n) is 19.8. The van der Waals surface area contributed by atoms with Crippen molar-refractivity contribution in [2.45, 2.75) is 293 Å². The average molecular weight is 989 g/mol. The van der Waals surface area contributed by atoms with Gasteiger partial charge in [-0.2, -0.15) is 0 Å². The predicted molar refractivity (Wildman–Crippen MR) is 266 cm³/mol. The number of rotatable bonds is 44. The highest BCUT2D eigenvalue weighted by atomic mass is 16.7. The first-order valence-corrected chi connectivity index (χ1v) is 27.8. The molecule has 0 aromatic rings. The van der Waals surface area contributed by atoms with E-state index in [1.165, 1.54) is 141 Å². The van der Waals surface area contributed by atoms with Crippen molar-refractivity contribution in [2.75, 3.05) is 26.4 Å². The molecule has 2 rings (SSSR count). The molecule has 15 heteroatoms. The molecule has 0 aliphatic carbocycles. The van der Waals surface area contributed by atoms with Crippen molar-refractivity contribution in [2.24, 2.45) is 0 Å². The summed E-state index contributed by atoms with van der Waals surface area (Å²) >= 11 is 0. The van der Waals surface area contributed by atoms with E-state index < -0.39 is 92.7 Å². The summed E-state index contributed by atoms with van der Waals surface area (Å²) in [4.78, 5) is 25.8. The van der Waals surface area contributed by atoms with Crippen LogP contribution in [0.1, 0.15) is 226 Å². The van der Waals surface area contributed by atoms with E-state index in [0.29, 0.717) is 12.8 Å². The molecule has 0 aromatic heterocycles. The average Bonchev–Trinajstić information content (AvgIpc) is 3.34. The van der Waals surface area contributed by atoms with Gasteiger partial charge in [-0.15, -0.1) is 0 Å². The summed E-state index contributed by atoms with van der Waals surface area (Å²) in [6.45, 7) is 2.61. The Balaban J connectivity index is 1.77. The summed E-state index contributed by atoms with van der Waals surface area (Å²) in [5.41, 5.74) is 0. The second kappa shape index (κ2) is 41.7. The zero-order valence-electron chi connectivity index (χ0n) is 43.1. The number of hydrogen-bond acceptors (Lipinski definition) is 15. The molecule has 2 heterocycles. The van der Waals surface area contributed by atoms with Gasteiger partial charge in [0.05, 0.1) is 19.8 Å². The maximum atomic E-state index is 13.0. The molecule has 2 fully saturated rings. The van der Waals surface area contributed by atoms with Crippen molar-refractivity contribution in [3.05, 3.63) is 12.2 Å². The molecule has 11 atom stereocenters. The van der Waals surface area contributed by atoms with Crippen LogP contribution in [-0.2, 0) is 38.0 Å². The van der Waals surface area contributed by atoms with Gasteiger partial charge >= 0.3 is 11.9 Å². The van der Waals surface area contributed by atoms with Crippen molar-refractivity contribution in [1.82, 2.24) is 0 Å². The molecule has 0 bridgehead atoms. The molecule has 0 aromatic carbocycles. The van der Waals surface area contributed by atoms with Crippen molar-refractivity contribution >= 4 is 11.9 Å². The van der Waals surface area contributed by atoms with E-state index in [2.05, 4.69) is 26.0 Å². The van der Waals surface area contributed by atoms with Crippen LogP contribution in [0.4, 0.5) is 0 Å². The Bertz CT molecular complexity index is 1250. The van der Waals surface area contributed by atoms with E-state index in [0.717, 1.165) is 44.9 Å². The highest BCUT2D eigenvalue weighted by Crippen LogP contribution is 2.27. The molecular formula is C54H100O15. The van der Waals surface area contributed by atoms with Gasteiger partial charge in [0, 0.05) is 12.8 Å². The second-order valence-corrected chi connectivity index (χ2v) is 19.8. The quantitative estimate of drug-likeness (QED) is 0.0172. The predicted octanol–water partition coefficient (Wildman–Crippen LogP) is 8.55. The van der Waals surface area contributed by atoms with Gasteiger partial charge in [-0.05, 0) is 38.5 Å². The zero-order chi connectivity index (χ0) is 50.3. The Morgan fingerprint density at radius 1 is 0.449 bits per heavy atom. The maximum absolute atomic E-state index is 13.0. The normalized spacial score (nSPS) is 25.6. The largest absolute Gasteiger partial charge is 0.462 e. The van der Waals surface area contributed by atoms with E-state index in [4.69, 9.17) is 28.4 Å². The smallest absolute Gasteiger partial charge is 0.306 e. The van der Waals surface area contributed by atoms with Crippen LogP contribution >= 0.6 is 0 Å². The topological polar surface area (TPSA) is 231 Å². The first-order chi connectivity index (χ1) is 33.5. The van der Waals surface area contributed by atoms with E-state index in [-0.39, 0.29) is 26.1 Å². The van der Waals surface area contributed by atoms with Crippen molar-refractivity contribution in [3.8, 4) is 0 Å². The van der Waals surface area contributed by atoms with E-state index >= 15 is 0 Å². The Labute approximate surface area is 416 Å². The van der Waals surface area contributed by atoms with Crippen LogP contribution in [0.5, 0.6) is 0 Å². The molecule has 2 aliphatic heterocycles. The molecule has 7 N–H and O–H groups in total. The Morgan fingerprint density at radius 2 is 0.826 bits per heavy atom. The summed E-state index contributed by atoms with van der Waals surface area (Å²) in [7, 11) is 0. The van der Waals surface area contributed by atoms with Gasteiger partial charge in [-0.25, -0.2) is 0 Å². The van der Waals surface area contributed by atoms with Crippen LogP contribution in [0.3, 0.4) is 0 Å². The third-order valence-electron chi connectivity index (χ3n) is 13.5. The molecule has 2 aliphatic rings. The number of unbranched alkanes of at least 4 members (excludes halogenated alkanes) is 28. The lowest BCUT2D eigenvalue weighted by Gasteiger charge is -2.42. The molecule has 15 nitrogen and oxygen atoms in total. The lowest BCUT2D eigenvalue weighted by atomic mass is 9.98. The minimum Gasteiger partial charge on any atom is -0.462 e. The fraction of sp³-hybridized carbons (Fsp3) is 0.926. The van der Waals surface area contributed by atoms with E-state index in [9.17, 15) is 45.3 Å². The van der Waals surface area contributed by atoms with Gasteiger partial charge in [0.15, 0.2) is 18.7 Å². The van der Waals surface area contributed by atoms with Crippen molar-refractivity contribution < 1.29 is 73.8 Å². The van der Waals surface area contributed by atoms with Crippen LogP contribution in [0.2, 0.25) is 0 Å². The maximum Gasteiger partial charge on any atom is 0.306 e. The Hall–Kier alpha value is -1.76. The first-order valence-electron chi connectivity index (χ1n) is 27.8. The number of aliphatic hydroxyl groups is 7. The summed E-state index contributed by atoms with van der Waals surface area (Å²) in [6, 6.07) is 0. The molecule has 4 unspecified atom stereocenters. The SMILES string of the molecule is CCCCCC/C=C/CCCCCCCCCC(=O)OC[C@H](CO[C@H]1O[C@@H](CO[C@H]2O[C@@H](CO)[C@@H](O)C(O)C2O)[C@@H](O)C(O)C1O)OC(=O)CCCCCCCCCCCCCCCCCCCC. The number of hydrogen-bond donors (Lipinski definition) is 7. The summed E-state index contributed by atoms with van der Waals surface area (Å²) < 4.78 is 33.7. The number of carbonyl (C=O) groups excluding carboxylic acids is 2. The summed E-state index contributed by atoms with van der Waals surface area (Å²) in [5, 5.41) is 72.2. The Morgan fingerprint density at radius 3 is 1.29 bits per heavy atom. The van der Waals surface area contributed by atoms with Crippen LogP contribution in [0.15, 0.2) is 12.2 Å². The minimum absolute atomic E-state index is 0.170. The van der Waals surface area contributed by atoms with Gasteiger partial charge in [-0.3, -0.25) is 9.59 Å². The van der Waals surface area contributed by atoms with Crippen LogP contribution in [-0.4, -0.2) is 142 Å². The molecule has 2 saturated heterocycles. The summed E-state index contributed by atoms with van der Waals surface area (Å²) in [5.74, 6) is -0.917. The Kier molecular flexibility index (Phi) is 38.3. The van der Waals surface area contributed by atoms with Gasteiger partial charge in [0.1, 0.15) is 55.4 Å². The molecule has 0 radical (unpaired) electrons. The van der Waals surface area contributed by atoms with Crippen molar-refractivity contribution in [3.63, 3.8) is 0 Å². The fourth-order valence-electron chi connectivity index (χ4n) is 8.92. The number of allylic oxidation sites excluding steroid dienone is 2. The number of ether oxygens (including phenoxy) is 6. The molecule has 0 spiro atoms. The van der Waals surface area contributed by atoms with E-state index in [1.54, 1.807) is 0 Å². The molecule has 406 valence electrons. The van der Waals surface area contributed by atoms with Gasteiger partial charge in [0.2, 0.25) is 0 Å². The molecular weight excluding hydrogens is 889 g/mol. The van der Waals surface area contributed by atoms with Gasteiger partial charge in [-0.1, -0.05) is 187 Å². The van der Waals surface area contributed by atoms with Gasteiger partial charge < -0.3 is 64.2 Å². The summed E-state index contributed by atoms with van der Waals surface area (Å²) in [6.07, 6.45) is 25.2. The fourth-order valence-corrected chi connectivity index (χ4v) is 8.92. The third kappa shape index (κ3) is 29.5. The first kappa shape index (κ1) is 63.4. The monoisotopic (exact) mass is 989 g/mol. The lowest BCUT2D eigenvalue weighted by molar-refractivity contribution is -0.332. The molecule has 0 amide bonds. The third-order valence-corrected chi connectivity index (χ3v) is 13.5. The van der Waals surface area contributed by atoms with Crippen LogP contribution < -0.4 is 0 Å². The van der Waals surface area contributed by atoms with Crippen molar-refractivity contribution in [1.29, 1.82) is 0 Å². The molecule has 69 heavy (non-hydrogen) atoms. The van der Waals surface area contributed by atoms with Gasteiger partial charge in [0.25, 0.3) is 0 Å². The zero-order valence-corrected chi connectivity index (χ0v) is 43.1. The van der Waals surface area contributed by atoms with E-state index in [1.807, 2.05) is 0 Å². The molecule has 0 saturated carbocycles. The minimum atomic E-state index is -1.76. The van der Waals surface area contributed by atoms with Crippen LogP contribution in [0.25, 0.3) is 0 Å². The highest BCUT2D eigenvalue weighted by molar-refractivity contribution is 5.70. The standard InChI is InChI=1S/C54H100O15/c1-3-5-7-9-11-13-15-17-19-20-21-23-25-27-29-31-33-35-37-46(57)67-42(39-64-45(56)36-34-32-30-28-26-24-22-18-16-14-12-10-8-6-4-2)40-65-53-52(63)50(61)48(59)44(69-53)41-66-54-51(62)49(60)47(58)43(38-55)68-54/h14,16,42-44,47-55,58-63H,3-13,15,17-41H2,1-2H3/b16-14+/t42-,43+,44+,47-,48-,49?,50?,51?,52?,53+,54+/m1/s1.